The number of nitrogens with zero attached hydrogens (tertiary/aromatic N) is 1. The highest BCUT2D eigenvalue weighted by Gasteiger charge is 2.21. The fourth-order valence-electron chi connectivity index (χ4n) is 2.59. The quantitative estimate of drug-likeness (QED) is 0.723. The van der Waals surface area contributed by atoms with E-state index in [9.17, 15) is 4.79 Å². The molecule has 0 amide bonds. The van der Waals surface area contributed by atoms with Crippen LogP contribution in [0.3, 0.4) is 0 Å². The smallest absolute Gasteiger partial charge is 0.329 e. The highest BCUT2D eigenvalue weighted by atomic mass is 16.5. The molecule has 0 saturated heterocycles. The van der Waals surface area contributed by atoms with E-state index in [-0.39, 0.29) is 12.0 Å². The third kappa shape index (κ3) is 3.29. The molecule has 0 aliphatic rings. The number of aromatic nitrogens is 1. The molecular weight excluding hydrogens is 262 g/mol. The van der Waals surface area contributed by atoms with Gasteiger partial charge in [0.05, 0.1) is 6.61 Å². The number of benzene rings is 1. The maximum absolute atomic E-state index is 12.2. The van der Waals surface area contributed by atoms with Gasteiger partial charge in [-0.15, -0.1) is 0 Å². The van der Waals surface area contributed by atoms with Crippen molar-refractivity contribution in [2.24, 2.45) is 0 Å². The molecule has 1 aromatic carbocycles. The molecule has 0 radical (unpaired) electrons. The van der Waals surface area contributed by atoms with E-state index in [1.807, 2.05) is 24.6 Å². The molecule has 1 heterocycles. The van der Waals surface area contributed by atoms with Gasteiger partial charge in [-0.2, -0.15) is 0 Å². The maximum atomic E-state index is 12.2. The number of rotatable bonds is 6. The summed E-state index contributed by atoms with van der Waals surface area (Å²) in [5, 5.41) is 1.18. The van der Waals surface area contributed by atoms with Gasteiger partial charge in [-0.3, -0.25) is 0 Å². The number of hydrogen-bond acceptors (Lipinski definition) is 2. The molecule has 0 bridgehead atoms. The van der Waals surface area contributed by atoms with Gasteiger partial charge in [-0.25, -0.2) is 4.79 Å². The van der Waals surface area contributed by atoms with Crippen LogP contribution in [0.25, 0.3) is 10.9 Å². The van der Waals surface area contributed by atoms with Crippen LogP contribution in [0.2, 0.25) is 0 Å². The lowest BCUT2D eigenvalue weighted by Crippen LogP contribution is -2.21. The summed E-state index contributed by atoms with van der Waals surface area (Å²) in [5.74, 6) is 0.374. The lowest BCUT2D eigenvalue weighted by molar-refractivity contribution is -0.147. The van der Waals surface area contributed by atoms with Crippen LogP contribution in [-0.2, 0) is 9.53 Å². The Balaban J connectivity index is 2.34. The minimum atomic E-state index is -0.237. The Morgan fingerprint density at radius 1 is 1.24 bits per heavy atom. The van der Waals surface area contributed by atoms with E-state index in [1.54, 1.807) is 0 Å². The minimum absolute atomic E-state index is 0.134. The van der Waals surface area contributed by atoms with Gasteiger partial charge in [0.2, 0.25) is 0 Å². The zero-order valence-electron chi connectivity index (χ0n) is 13.4. The molecule has 3 heteroatoms. The molecule has 0 fully saturated rings. The molecule has 0 spiro atoms. The molecule has 2 rings (SSSR count). The van der Waals surface area contributed by atoms with Gasteiger partial charge in [-0.05, 0) is 47.9 Å². The Labute approximate surface area is 126 Å². The van der Waals surface area contributed by atoms with Gasteiger partial charge < -0.3 is 9.30 Å². The zero-order valence-corrected chi connectivity index (χ0v) is 13.4. The van der Waals surface area contributed by atoms with Gasteiger partial charge in [0.25, 0.3) is 0 Å². The summed E-state index contributed by atoms with van der Waals surface area (Å²) in [5.41, 5.74) is 2.42. The summed E-state index contributed by atoms with van der Waals surface area (Å²) < 4.78 is 7.36. The van der Waals surface area contributed by atoms with Crippen molar-refractivity contribution in [3.05, 3.63) is 36.0 Å². The predicted molar refractivity (Wildman–Crippen MR) is 86.6 cm³/mol. The van der Waals surface area contributed by atoms with E-state index in [4.69, 9.17) is 4.74 Å². The van der Waals surface area contributed by atoms with Crippen LogP contribution in [0.4, 0.5) is 0 Å². The Kier molecular flexibility index (Phi) is 5.05. The van der Waals surface area contributed by atoms with Crippen molar-refractivity contribution in [2.45, 2.75) is 52.5 Å². The number of carbonyl (C=O) groups excluding carboxylic acids is 1. The molecule has 0 aliphatic carbocycles. The van der Waals surface area contributed by atoms with Crippen LogP contribution in [-0.4, -0.2) is 17.1 Å². The minimum Gasteiger partial charge on any atom is -0.464 e. The summed E-state index contributed by atoms with van der Waals surface area (Å²) in [6.45, 7) is 8.90. The predicted octanol–water partition coefficient (Wildman–Crippen LogP) is 4.67. The summed E-state index contributed by atoms with van der Waals surface area (Å²) in [6.07, 6.45) is 3.58. The molecule has 1 aromatic heterocycles. The number of hydrogen-bond donors (Lipinski definition) is 0. The van der Waals surface area contributed by atoms with Crippen LogP contribution >= 0.6 is 0 Å². The summed E-state index contributed by atoms with van der Waals surface area (Å²) in [7, 11) is 0. The molecule has 3 nitrogen and oxygen atoms in total. The molecule has 1 atom stereocenters. The van der Waals surface area contributed by atoms with Crippen molar-refractivity contribution in [3.8, 4) is 0 Å². The molecule has 21 heavy (non-hydrogen) atoms. The van der Waals surface area contributed by atoms with E-state index in [0.717, 1.165) is 18.4 Å². The van der Waals surface area contributed by atoms with Crippen molar-refractivity contribution in [2.75, 3.05) is 6.61 Å². The Morgan fingerprint density at radius 3 is 2.62 bits per heavy atom. The van der Waals surface area contributed by atoms with E-state index < -0.39 is 0 Å². The molecule has 0 N–H and O–H groups in total. The Morgan fingerprint density at radius 2 is 2.00 bits per heavy atom. The van der Waals surface area contributed by atoms with Crippen LogP contribution < -0.4 is 0 Å². The fraction of sp³-hybridized carbons (Fsp3) is 0.500. The third-order valence-corrected chi connectivity index (χ3v) is 3.85. The first-order chi connectivity index (χ1) is 10.1. The van der Waals surface area contributed by atoms with Gasteiger partial charge in [0.15, 0.2) is 0 Å². The Bertz CT molecular complexity index is 613. The first-order valence-electron chi connectivity index (χ1n) is 7.85. The van der Waals surface area contributed by atoms with Crippen molar-refractivity contribution in [1.29, 1.82) is 0 Å². The van der Waals surface area contributed by atoms with Crippen molar-refractivity contribution in [3.63, 3.8) is 0 Å². The lowest BCUT2D eigenvalue weighted by atomic mass is 10.0. The number of fused-ring (bicyclic) bond motifs is 1. The maximum Gasteiger partial charge on any atom is 0.329 e. The van der Waals surface area contributed by atoms with Crippen molar-refractivity contribution < 1.29 is 9.53 Å². The number of carbonyl (C=O) groups is 1. The molecule has 2 aromatic rings. The van der Waals surface area contributed by atoms with Gasteiger partial charge >= 0.3 is 5.97 Å². The SMILES string of the molecule is CCCOC(=O)C(CC)n1ccc2cc(C(C)C)ccc21. The average Bonchev–Trinajstić information content (AvgIpc) is 2.89. The lowest BCUT2D eigenvalue weighted by Gasteiger charge is -2.17. The largest absolute Gasteiger partial charge is 0.464 e. The fourth-order valence-corrected chi connectivity index (χ4v) is 2.59. The first kappa shape index (κ1) is 15.6. The van der Waals surface area contributed by atoms with Crippen LogP contribution in [0.1, 0.15) is 58.1 Å². The normalized spacial score (nSPS) is 12.8. The molecule has 0 saturated carbocycles. The summed E-state index contributed by atoms with van der Waals surface area (Å²) in [4.78, 5) is 12.2. The third-order valence-electron chi connectivity index (χ3n) is 3.85. The average molecular weight is 287 g/mol. The molecule has 114 valence electrons. The topological polar surface area (TPSA) is 31.2 Å². The van der Waals surface area contributed by atoms with Crippen LogP contribution in [0.15, 0.2) is 30.5 Å². The second-order valence-corrected chi connectivity index (χ2v) is 5.79. The highest BCUT2D eigenvalue weighted by molar-refractivity contribution is 5.84. The van der Waals surface area contributed by atoms with Gasteiger partial charge in [0, 0.05) is 11.7 Å². The van der Waals surface area contributed by atoms with E-state index in [0.29, 0.717) is 12.5 Å². The number of ether oxygens (including phenoxy) is 1. The van der Waals surface area contributed by atoms with Crippen LogP contribution in [0, 0.1) is 0 Å². The molecule has 1 unspecified atom stereocenters. The summed E-state index contributed by atoms with van der Waals surface area (Å²) >= 11 is 0. The second-order valence-electron chi connectivity index (χ2n) is 5.79. The van der Waals surface area contributed by atoms with Gasteiger partial charge in [-0.1, -0.05) is 33.8 Å². The van der Waals surface area contributed by atoms with Crippen molar-refractivity contribution in [1.82, 2.24) is 4.57 Å². The zero-order chi connectivity index (χ0) is 15.4. The standard InChI is InChI=1S/C18H25NO2/c1-5-11-21-18(20)16(6-2)19-10-9-15-12-14(13(3)4)7-8-17(15)19/h7-10,12-13,16H,5-6,11H2,1-4H3. The van der Waals surface area contributed by atoms with Crippen molar-refractivity contribution >= 4 is 16.9 Å². The van der Waals surface area contributed by atoms with Crippen LogP contribution in [0.5, 0.6) is 0 Å². The monoisotopic (exact) mass is 287 g/mol. The Hall–Kier alpha value is -1.77. The highest BCUT2D eigenvalue weighted by Crippen LogP contribution is 2.26. The number of esters is 1. The van der Waals surface area contributed by atoms with E-state index >= 15 is 0 Å². The first-order valence-corrected chi connectivity index (χ1v) is 7.85. The molecular formula is C18H25NO2. The molecule has 0 aliphatic heterocycles. The summed E-state index contributed by atoms with van der Waals surface area (Å²) in [6, 6.07) is 8.31. The van der Waals surface area contributed by atoms with Gasteiger partial charge in [0.1, 0.15) is 6.04 Å². The van der Waals surface area contributed by atoms with E-state index in [2.05, 4.69) is 38.1 Å². The second kappa shape index (κ2) is 6.79. The van der Waals surface area contributed by atoms with E-state index in [1.165, 1.54) is 10.9 Å².